The average molecular weight is 500 g/mol. The zero-order chi connectivity index (χ0) is 23.3. The van der Waals surface area contributed by atoms with Crippen LogP contribution in [-0.2, 0) is 26.1 Å². The van der Waals surface area contributed by atoms with Crippen LogP contribution in [-0.4, -0.2) is 60.4 Å². The Morgan fingerprint density at radius 1 is 1.28 bits per heavy atom. The molecule has 1 unspecified atom stereocenters. The molecule has 2 atom stereocenters. The molecule has 2 heterocycles. The van der Waals surface area contributed by atoms with Crippen molar-refractivity contribution in [3.8, 4) is 0 Å². The van der Waals surface area contributed by atoms with E-state index in [1.807, 2.05) is 26.0 Å². The Hall–Kier alpha value is -1.71. The van der Waals surface area contributed by atoms with Crippen molar-refractivity contribution in [1.82, 2.24) is 14.2 Å². The fraction of sp³-hybridized carbons (Fsp3) is 0.455. The molecule has 1 aliphatic rings. The lowest BCUT2D eigenvalue weighted by Gasteiger charge is -2.33. The van der Waals surface area contributed by atoms with Gasteiger partial charge < -0.3 is 9.64 Å². The van der Waals surface area contributed by atoms with Crippen LogP contribution >= 0.6 is 23.2 Å². The standard InChI is InChI=1S/C22H27Cl2N3O4S/c1-3-31-15-16(2)26(14-19-7-4-5-9-25-19)22(28)21-8-6-10-27(21)32(29,30)20-12-17(23)11-18(24)13-20/h4-5,7,9,11-13,16,21H,3,6,8,10,14-15H2,1-2H3/t16-,21?/m0/s1. The number of carbonyl (C=O) groups excluding carboxylic acids is 1. The van der Waals surface area contributed by atoms with Gasteiger partial charge in [-0.1, -0.05) is 29.3 Å². The fourth-order valence-corrected chi connectivity index (χ4v) is 6.15. The van der Waals surface area contributed by atoms with Gasteiger partial charge in [0, 0.05) is 29.4 Å². The predicted octanol–water partition coefficient (Wildman–Crippen LogP) is 4.00. The number of halogens is 2. The predicted molar refractivity (Wildman–Crippen MR) is 124 cm³/mol. The maximum atomic E-state index is 13.7. The van der Waals surface area contributed by atoms with E-state index in [0.29, 0.717) is 26.1 Å². The zero-order valence-corrected chi connectivity index (χ0v) is 20.4. The first-order valence-corrected chi connectivity index (χ1v) is 12.7. The molecule has 0 bridgehead atoms. The number of aromatic nitrogens is 1. The summed E-state index contributed by atoms with van der Waals surface area (Å²) in [6, 6.07) is 8.61. The third-order valence-electron chi connectivity index (χ3n) is 5.37. The molecule has 0 N–H and O–H groups in total. The van der Waals surface area contributed by atoms with Crippen molar-refractivity contribution in [2.24, 2.45) is 0 Å². The van der Waals surface area contributed by atoms with Gasteiger partial charge in [0.2, 0.25) is 15.9 Å². The summed E-state index contributed by atoms with van der Waals surface area (Å²) < 4.78 is 33.6. The Bertz CT molecular complexity index is 1020. The van der Waals surface area contributed by atoms with Crippen LogP contribution in [0, 0.1) is 0 Å². The summed E-state index contributed by atoms with van der Waals surface area (Å²) in [6.45, 7) is 5.16. The number of benzene rings is 1. The summed E-state index contributed by atoms with van der Waals surface area (Å²) in [5.41, 5.74) is 0.721. The van der Waals surface area contributed by atoms with Gasteiger partial charge in [0.25, 0.3) is 0 Å². The molecule has 32 heavy (non-hydrogen) atoms. The van der Waals surface area contributed by atoms with Gasteiger partial charge in [-0.05, 0) is 57.0 Å². The van der Waals surface area contributed by atoms with Gasteiger partial charge in [-0.15, -0.1) is 0 Å². The highest BCUT2D eigenvalue weighted by Crippen LogP contribution is 2.31. The molecule has 0 spiro atoms. The second-order valence-electron chi connectivity index (χ2n) is 7.67. The van der Waals surface area contributed by atoms with Crippen LogP contribution in [0.2, 0.25) is 10.0 Å². The molecule has 7 nitrogen and oxygen atoms in total. The average Bonchev–Trinajstić information content (AvgIpc) is 3.26. The molecular weight excluding hydrogens is 473 g/mol. The molecule has 1 fully saturated rings. The van der Waals surface area contributed by atoms with Crippen molar-refractivity contribution >= 4 is 39.1 Å². The summed E-state index contributed by atoms with van der Waals surface area (Å²) in [6.07, 6.45) is 2.69. The highest BCUT2D eigenvalue weighted by atomic mass is 35.5. The first kappa shape index (κ1) is 24.9. The summed E-state index contributed by atoms with van der Waals surface area (Å²) in [7, 11) is -3.96. The molecule has 1 aromatic carbocycles. The number of carbonyl (C=O) groups is 1. The normalized spacial score (nSPS) is 17.9. The second-order valence-corrected chi connectivity index (χ2v) is 10.4. The van der Waals surface area contributed by atoms with E-state index in [1.54, 1.807) is 17.2 Å². The van der Waals surface area contributed by atoms with Gasteiger partial charge in [0.15, 0.2) is 0 Å². The number of hydrogen-bond acceptors (Lipinski definition) is 5. The van der Waals surface area contributed by atoms with Gasteiger partial charge in [0.05, 0.1) is 29.8 Å². The Labute approximate surface area is 199 Å². The zero-order valence-electron chi connectivity index (χ0n) is 18.1. The Morgan fingerprint density at radius 2 is 2.00 bits per heavy atom. The molecule has 10 heteroatoms. The van der Waals surface area contributed by atoms with Crippen molar-refractivity contribution in [3.63, 3.8) is 0 Å². The number of ether oxygens (including phenoxy) is 1. The number of pyridine rings is 1. The monoisotopic (exact) mass is 499 g/mol. The van der Waals surface area contributed by atoms with E-state index in [4.69, 9.17) is 27.9 Å². The number of amides is 1. The van der Waals surface area contributed by atoms with Crippen LogP contribution < -0.4 is 0 Å². The third kappa shape index (κ3) is 5.80. The molecule has 1 aromatic heterocycles. The number of sulfonamides is 1. The van der Waals surface area contributed by atoms with Crippen LogP contribution in [0.3, 0.4) is 0 Å². The van der Waals surface area contributed by atoms with Gasteiger partial charge in [-0.25, -0.2) is 8.42 Å². The molecule has 0 saturated carbocycles. The lowest BCUT2D eigenvalue weighted by molar-refractivity contribution is -0.138. The molecule has 0 radical (unpaired) electrons. The Kier molecular flexibility index (Phi) is 8.52. The van der Waals surface area contributed by atoms with Gasteiger partial charge in [0.1, 0.15) is 6.04 Å². The quantitative estimate of drug-likeness (QED) is 0.520. The molecule has 1 aliphatic heterocycles. The third-order valence-corrected chi connectivity index (χ3v) is 7.69. The van der Waals surface area contributed by atoms with Crippen LogP contribution in [0.5, 0.6) is 0 Å². The van der Waals surface area contributed by atoms with E-state index >= 15 is 0 Å². The molecule has 1 amide bonds. The minimum atomic E-state index is -3.96. The SMILES string of the molecule is CCOC[C@H](C)N(Cc1ccccn1)C(=O)C1CCCN1S(=O)(=O)c1cc(Cl)cc(Cl)c1. The van der Waals surface area contributed by atoms with Gasteiger partial charge in [-0.3, -0.25) is 9.78 Å². The van der Waals surface area contributed by atoms with Crippen molar-refractivity contribution in [2.75, 3.05) is 19.8 Å². The molecule has 3 rings (SSSR count). The number of rotatable bonds is 9. The first-order valence-electron chi connectivity index (χ1n) is 10.5. The summed E-state index contributed by atoms with van der Waals surface area (Å²) >= 11 is 12.1. The Balaban J connectivity index is 1.90. The highest BCUT2D eigenvalue weighted by Gasteiger charge is 2.42. The number of nitrogens with zero attached hydrogens (tertiary/aromatic N) is 3. The number of hydrogen-bond donors (Lipinski definition) is 0. The van der Waals surface area contributed by atoms with Gasteiger partial charge in [-0.2, -0.15) is 4.31 Å². The van der Waals surface area contributed by atoms with Crippen LogP contribution in [0.25, 0.3) is 0 Å². The van der Waals surface area contributed by atoms with Gasteiger partial charge >= 0.3 is 0 Å². The topological polar surface area (TPSA) is 79.8 Å². The van der Waals surface area contributed by atoms with Crippen LogP contribution in [0.4, 0.5) is 0 Å². The van der Waals surface area contributed by atoms with Crippen LogP contribution in [0.15, 0.2) is 47.5 Å². The summed E-state index contributed by atoms with van der Waals surface area (Å²) in [5.74, 6) is -0.267. The molecular formula is C22H27Cl2N3O4S. The molecule has 1 saturated heterocycles. The highest BCUT2D eigenvalue weighted by molar-refractivity contribution is 7.89. The van der Waals surface area contributed by atoms with Crippen molar-refractivity contribution in [2.45, 2.75) is 50.2 Å². The van der Waals surface area contributed by atoms with Crippen molar-refractivity contribution in [3.05, 3.63) is 58.3 Å². The van der Waals surface area contributed by atoms with Crippen LogP contribution in [0.1, 0.15) is 32.4 Å². The fourth-order valence-electron chi connectivity index (χ4n) is 3.77. The van der Waals surface area contributed by atoms with Crippen molar-refractivity contribution in [1.29, 1.82) is 0 Å². The van der Waals surface area contributed by atoms with E-state index < -0.39 is 16.1 Å². The minimum absolute atomic E-state index is 0.0201. The summed E-state index contributed by atoms with van der Waals surface area (Å²) in [4.78, 5) is 19.6. The maximum Gasteiger partial charge on any atom is 0.243 e. The molecule has 174 valence electrons. The first-order chi connectivity index (χ1) is 15.2. The lowest BCUT2D eigenvalue weighted by atomic mass is 10.1. The minimum Gasteiger partial charge on any atom is -0.380 e. The van der Waals surface area contributed by atoms with E-state index in [-0.39, 0.29) is 40.0 Å². The van der Waals surface area contributed by atoms with E-state index in [9.17, 15) is 13.2 Å². The maximum absolute atomic E-state index is 13.7. The Morgan fingerprint density at radius 3 is 2.62 bits per heavy atom. The lowest BCUT2D eigenvalue weighted by Crippen LogP contribution is -2.51. The molecule has 0 aliphatic carbocycles. The second kappa shape index (κ2) is 10.9. The van der Waals surface area contributed by atoms with Crippen molar-refractivity contribution < 1.29 is 17.9 Å². The smallest absolute Gasteiger partial charge is 0.243 e. The summed E-state index contributed by atoms with van der Waals surface area (Å²) in [5, 5.41) is 0.445. The largest absolute Gasteiger partial charge is 0.380 e. The van der Waals surface area contributed by atoms with E-state index in [1.165, 1.54) is 22.5 Å². The molecule has 2 aromatic rings. The van der Waals surface area contributed by atoms with E-state index in [2.05, 4.69) is 4.98 Å². The van der Waals surface area contributed by atoms with E-state index in [0.717, 1.165) is 5.69 Å².